The fourth-order valence-electron chi connectivity index (χ4n) is 4.10. The van der Waals surface area contributed by atoms with Crippen LogP contribution in [0.2, 0.25) is 0 Å². The molecule has 1 aromatic heterocycles. The quantitative estimate of drug-likeness (QED) is 0.602. The van der Waals surface area contributed by atoms with Gasteiger partial charge in [0.1, 0.15) is 0 Å². The molecule has 3 aromatic rings. The van der Waals surface area contributed by atoms with Crippen molar-refractivity contribution < 1.29 is 8.42 Å². The van der Waals surface area contributed by atoms with Crippen LogP contribution in [0, 0.1) is 6.92 Å². The van der Waals surface area contributed by atoms with Crippen LogP contribution in [-0.4, -0.2) is 29.7 Å². The molecule has 1 fully saturated rings. The van der Waals surface area contributed by atoms with Crippen LogP contribution < -0.4 is 5.32 Å². The van der Waals surface area contributed by atoms with E-state index in [2.05, 4.69) is 36.3 Å². The lowest BCUT2D eigenvalue weighted by atomic mass is 9.87. The van der Waals surface area contributed by atoms with E-state index in [4.69, 9.17) is 0 Å². The molecule has 32 heavy (non-hydrogen) atoms. The number of aromatic nitrogens is 3. The van der Waals surface area contributed by atoms with Crippen molar-refractivity contribution in [2.24, 2.45) is 0 Å². The third kappa shape index (κ3) is 4.94. The smallest absolute Gasteiger partial charge is 0.250 e. The molecule has 0 spiro atoms. The molecule has 0 radical (unpaired) electrons. The van der Waals surface area contributed by atoms with Gasteiger partial charge in [-0.1, -0.05) is 74.9 Å². The molecule has 170 valence electrons. The summed E-state index contributed by atoms with van der Waals surface area (Å²) in [6.45, 7) is 9.81. The van der Waals surface area contributed by atoms with Crippen molar-refractivity contribution in [1.82, 2.24) is 20.1 Å². The van der Waals surface area contributed by atoms with Crippen LogP contribution in [0.5, 0.6) is 0 Å². The first-order chi connectivity index (χ1) is 15.1. The van der Waals surface area contributed by atoms with Gasteiger partial charge in [-0.25, -0.2) is 8.42 Å². The predicted octanol–water partition coefficient (Wildman–Crippen LogP) is 4.33. The van der Waals surface area contributed by atoms with Crippen molar-refractivity contribution in [3.63, 3.8) is 0 Å². The van der Waals surface area contributed by atoms with E-state index < -0.39 is 9.84 Å². The molecule has 2 aromatic carbocycles. The van der Waals surface area contributed by atoms with Crippen LogP contribution in [-0.2, 0) is 27.5 Å². The number of nitrogens with one attached hydrogen (secondary N) is 1. The molecule has 4 rings (SSSR count). The van der Waals surface area contributed by atoms with E-state index in [1.165, 1.54) is 11.1 Å². The molecule has 0 saturated carbocycles. The van der Waals surface area contributed by atoms with E-state index in [9.17, 15) is 8.42 Å². The second-order valence-electron chi connectivity index (χ2n) is 9.77. The molecule has 1 saturated heterocycles. The zero-order chi connectivity index (χ0) is 22.9. The van der Waals surface area contributed by atoms with Crippen LogP contribution in [0.15, 0.2) is 53.7 Å². The molecule has 0 bridgehead atoms. The Morgan fingerprint density at radius 3 is 2.25 bits per heavy atom. The minimum atomic E-state index is -3.67. The van der Waals surface area contributed by atoms with E-state index in [1.807, 2.05) is 55.5 Å². The van der Waals surface area contributed by atoms with E-state index in [0.29, 0.717) is 12.4 Å². The fourth-order valence-corrected chi connectivity index (χ4v) is 5.52. The van der Waals surface area contributed by atoms with Crippen molar-refractivity contribution in [3.05, 3.63) is 76.6 Å². The van der Waals surface area contributed by atoms with Gasteiger partial charge in [0.15, 0.2) is 5.82 Å². The Morgan fingerprint density at radius 1 is 1.00 bits per heavy atom. The lowest BCUT2D eigenvalue weighted by Crippen LogP contribution is -2.21. The van der Waals surface area contributed by atoms with Gasteiger partial charge in [0.25, 0.3) is 0 Å². The van der Waals surface area contributed by atoms with Gasteiger partial charge >= 0.3 is 0 Å². The molecule has 1 aliphatic heterocycles. The summed E-state index contributed by atoms with van der Waals surface area (Å²) in [4.78, 5) is 0. The number of hydrogen-bond acceptors (Lipinski definition) is 5. The highest BCUT2D eigenvalue weighted by atomic mass is 32.2. The van der Waals surface area contributed by atoms with Crippen LogP contribution >= 0.6 is 0 Å². The van der Waals surface area contributed by atoms with Crippen LogP contribution in [0.3, 0.4) is 0 Å². The van der Waals surface area contributed by atoms with Gasteiger partial charge in [-0.3, -0.25) is 4.57 Å². The Hall–Kier alpha value is -2.51. The topological polar surface area (TPSA) is 76.9 Å². The summed E-state index contributed by atoms with van der Waals surface area (Å²) < 4.78 is 28.7. The van der Waals surface area contributed by atoms with E-state index in [0.717, 1.165) is 30.5 Å². The van der Waals surface area contributed by atoms with Crippen LogP contribution in [0.4, 0.5) is 0 Å². The van der Waals surface area contributed by atoms with E-state index in [-0.39, 0.29) is 22.4 Å². The van der Waals surface area contributed by atoms with E-state index >= 15 is 0 Å². The van der Waals surface area contributed by atoms with Crippen LogP contribution in [0.25, 0.3) is 0 Å². The fraction of sp³-hybridized carbons (Fsp3) is 0.440. The number of aryl methyl sites for hydroxylation is 1. The average Bonchev–Trinajstić information content (AvgIpc) is 3.39. The Morgan fingerprint density at radius 2 is 1.66 bits per heavy atom. The molecule has 7 heteroatoms. The number of sulfone groups is 1. The third-order valence-electron chi connectivity index (χ3n) is 6.03. The van der Waals surface area contributed by atoms with Gasteiger partial charge in [0.05, 0.1) is 18.3 Å². The number of rotatable bonds is 6. The van der Waals surface area contributed by atoms with Crippen molar-refractivity contribution in [1.29, 1.82) is 0 Å². The normalized spacial score (nSPS) is 17.1. The Bertz CT molecular complexity index is 1170. The lowest BCUT2D eigenvalue weighted by molar-refractivity contribution is 0.535. The standard InChI is InChI=1S/C25H32N4O2S/c1-18-7-9-19(10-8-18)16-29-23(22-6-5-15-26-22)27-28-24(29)32(30,31)17-20-11-13-21(14-12-20)25(2,3)4/h7-14,22,26H,5-6,15-17H2,1-4H3. The minimum Gasteiger partial charge on any atom is -0.307 e. The van der Waals surface area contributed by atoms with E-state index in [1.54, 1.807) is 4.57 Å². The predicted molar refractivity (Wildman–Crippen MR) is 126 cm³/mol. The molecule has 0 aliphatic carbocycles. The molecule has 1 atom stereocenters. The highest BCUT2D eigenvalue weighted by molar-refractivity contribution is 7.90. The maximum atomic E-state index is 13.4. The van der Waals surface area contributed by atoms with Crippen molar-refractivity contribution in [2.45, 2.75) is 69.4 Å². The Kier molecular flexibility index (Phi) is 6.23. The Balaban J connectivity index is 1.67. The largest absolute Gasteiger partial charge is 0.307 e. The van der Waals surface area contributed by atoms with Gasteiger partial charge in [-0.2, -0.15) is 0 Å². The second kappa shape index (κ2) is 8.79. The van der Waals surface area contributed by atoms with Crippen molar-refractivity contribution >= 4 is 9.84 Å². The first kappa shape index (κ1) is 22.7. The minimum absolute atomic E-state index is 0.0226. The number of hydrogen-bond donors (Lipinski definition) is 1. The summed E-state index contributed by atoms with van der Waals surface area (Å²) in [6.07, 6.45) is 1.98. The summed E-state index contributed by atoms with van der Waals surface area (Å²) in [5.74, 6) is 0.603. The maximum absolute atomic E-state index is 13.4. The number of nitrogens with zero attached hydrogens (tertiary/aromatic N) is 3. The summed E-state index contributed by atoms with van der Waals surface area (Å²) in [5, 5.41) is 12.0. The lowest BCUT2D eigenvalue weighted by Gasteiger charge is -2.19. The SMILES string of the molecule is Cc1ccc(Cn2c(C3CCCN3)nnc2S(=O)(=O)Cc2ccc(C(C)(C)C)cc2)cc1. The molecule has 0 amide bonds. The van der Waals surface area contributed by atoms with Crippen molar-refractivity contribution in [3.8, 4) is 0 Å². The second-order valence-corrected chi connectivity index (χ2v) is 11.7. The highest BCUT2D eigenvalue weighted by Crippen LogP contribution is 2.27. The molecule has 2 heterocycles. The van der Waals surface area contributed by atoms with Gasteiger partial charge in [0, 0.05) is 0 Å². The van der Waals surface area contributed by atoms with Gasteiger partial charge in [-0.05, 0) is 48.4 Å². The van der Waals surface area contributed by atoms with Gasteiger partial charge < -0.3 is 5.32 Å². The zero-order valence-corrected chi connectivity index (χ0v) is 20.1. The molecule has 1 unspecified atom stereocenters. The van der Waals surface area contributed by atoms with Crippen molar-refractivity contribution in [2.75, 3.05) is 6.54 Å². The van der Waals surface area contributed by atoms with Crippen LogP contribution in [0.1, 0.15) is 67.7 Å². The summed E-state index contributed by atoms with van der Waals surface area (Å²) in [5.41, 5.74) is 4.15. The summed E-state index contributed by atoms with van der Waals surface area (Å²) in [7, 11) is -3.67. The molecular formula is C25H32N4O2S. The highest BCUT2D eigenvalue weighted by Gasteiger charge is 2.30. The molecular weight excluding hydrogens is 420 g/mol. The number of benzene rings is 2. The zero-order valence-electron chi connectivity index (χ0n) is 19.3. The first-order valence-corrected chi connectivity index (χ1v) is 12.8. The third-order valence-corrected chi connectivity index (χ3v) is 7.61. The first-order valence-electron chi connectivity index (χ1n) is 11.2. The summed E-state index contributed by atoms with van der Waals surface area (Å²) in [6, 6.07) is 16.0. The average molecular weight is 453 g/mol. The molecule has 1 N–H and O–H groups in total. The summed E-state index contributed by atoms with van der Waals surface area (Å²) >= 11 is 0. The van der Waals surface area contributed by atoms with Gasteiger partial charge in [-0.15, -0.1) is 10.2 Å². The monoisotopic (exact) mass is 452 g/mol. The molecule has 6 nitrogen and oxygen atoms in total. The Labute approximate surface area is 191 Å². The van der Waals surface area contributed by atoms with Gasteiger partial charge in [0.2, 0.25) is 15.0 Å². The molecule has 1 aliphatic rings. The maximum Gasteiger partial charge on any atom is 0.250 e.